The van der Waals surface area contributed by atoms with Crippen molar-refractivity contribution in [1.82, 2.24) is 19.8 Å². The van der Waals surface area contributed by atoms with Crippen LogP contribution in [-0.4, -0.2) is 50.4 Å². The third-order valence-electron chi connectivity index (χ3n) is 5.53. The van der Waals surface area contributed by atoms with E-state index in [1.807, 2.05) is 12.1 Å². The third kappa shape index (κ3) is 4.73. The van der Waals surface area contributed by atoms with E-state index in [4.69, 9.17) is 5.26 Å². The number of imidazole rings is 1. The van der Waals surface area contributed by atoms with Crippen LogP contribution in [0.25, 0.3) is 0 Å². The van der Waals surface area contributed by atoms with Crippen molar-refractivity contribution in [2.75, 3.05) is 19.6 Å². The number of rotatable bonds is 6. The summed E-state index contributed by atoms with van der Waals surface area (Å²) in [5.41, 5.74) is 2.47. The van der Waals surface area contributed by atoms with Gasteiger partial charge in [-0.15, -0.1) is 0 Å². The first-order valence-electron chi connectivity index (χ1n) is 10.00. The molecule has 1 atom stereocenters. The highest BCUT2D eigenvalue weighted by atomic mass is 19.1. The quantitative estimate of drug-likeness (QED) is 0.641. The number of carbonyl (C=O) groups excluding carboxylic acids is 1. The fraction of sp³-hybridized carbons (Fsp3) is 0.261. The molecule has 0 bridgehead atoms. The summed E-state index contributed by atoms with van der Waals surface area (Å²) < 4.78 is 14.1. The summed E-state index contributed by atoms with van der Waals surface area (Å²) in [5.74, 6) is -0.377. The van der Waals surface area contributed by atoms with Gasteiger partial charge in [0.25, 0.3) is 0 Å². The number of halogens is 1. The number of phenols is 1. The number of piperazine rings is 1. The number of nitrogens with one attached hydrogen (secondary N) is 1. The average molecular weight is 419 g/mol. The van der Waals surface area contributed by atoms with Crippen LogP contribution in [0, 0.1) is 17.1 Å². The number of nitriles is 1. The second-order valence-electron chi connectivity index (χ2n) is 7.61. The first-order chi connectivity index (χ1) is 15.0. The van der Waals surface area contributed by atoms with Gasteiger partial charge in [-0.2, -0.15) is 5.26 Å². The van der Waals surface area contributed by atoms with Crippen LogP contribution in [0.5, 0.6) is 5.75 Å². The largest absolute Gasteiger partial charge is 0.508 e. The van der Waals surface area contributed by atoms with Crippen molar-refractivity contribution in [2.24, 2.45) is 0 Å². The lowest BCUT2D eigenvalue weighted by Crippen LogP contribution is -2.51. The van der Waals surface area contributed by atoms with E-state index < -0.39 is 5.82 Å². The van der Waals surface area contributed by atoms with Gasteiger partial charge in [0, 0.05) is 25.8 Å². The summed E-state index contributed by atoms with van der Waals surface area (Å²) in [4.78, 5) is 23.9. The van der Waals surface area contributed by atoms with E-state index in [0.29, 0.717) is 26.1 Å². The van der Waals surface area contributed by atoms with Crippen molar-refractivity contribution in [3.8, 4) is 11.8 Å². The molecule has 1 aromatic heterocycles. The number of hydrogen-bond donors (Lipinski definition) is 2. The van der Waals surface area contributed by atoms with Crippen molar-refractivity contribution >= 4 is 5.91 Å². The molecule has 1 fully saturated rings. The lowest BCUT2D eigenvalue weighted by atomic mass is 10.00. The highest BCUT2D eigenvalue weighted by Crippen LogP contribution is 2.26. The molecule has 3 aromatic rings. The van der Waals surface area contributed by atoms with Crippen molar-refractivity contribution in [2.45, 2.75) is 19.0 Å². The molecule has 1 amide bonds. The molecule has 158 valence electrons. The number of nitrogens with zero attached hydrogens (tertiary/aromatic N) is 4. The van der Waals surface area contributed by atoms with Crippen LogP contribution in [0.1, 0.15) is 28.4 Å². The lowest BCUT2D eigenvalue weighted by molar-refractivity contribution is -0.137. The zero-order chi connectivity index (χ0) is 21.8. The second kappa shape index (κ2) is 8.98. The van der Waals surface area contributed by atoms with Gasteiger partial charge in [0.05, 0.1) is 30.2 Å². The maximum Gasteiger partial charge on any atom is 0.237 e. The van der Waals surface area contributed by atoms with Crippen LogP contribution < -0.4 is 0 Å². The fourth-order valence-electron chi connectivity index (χ4n) is 3.92. The van der Waals surface area contributed by atoms with Gasteiger partial charge in [-0.3, -0.25) is 9.69 Å². The van der Waals surface area contributed by atoms with Gasteiger partial charge >= 0.3 is 0 Å². The zero-order valence-electron chi connectivity index (χ0n) is 16.8. The number of carbonyl (C=O) groups is 1. The number of benzene rings is 2. The maximum absolute atomic E-state index is 14.1. The zero-order valence-corrected chi connectivity index (χ0v) is 16.8. The van der Waals surface area contributed by atoms with Gasteiger partial charge in [0.1, 0.15) is 17.6 Å². The predicted molar refractivity (Wildman–Crippen MR) is 111 cm³/mol. The number of aromatic hydroxyl groups is 1. The number of aromatic amines is 1. The smallest absolute Gasteiger partial charge is 0.237 e. The fourth-order valence-corrected chi connectivity index (χ4v) is 3.92. The Bertz CT molecular complexity index is 1110. The Hall–Kier alpha value is -3.70. The Labute approximate surface area is 179 Å². The molecule has 7 nitrogen and oxygen atoms in total. The Balaban J connectivity index is 1.49. The highest BCUT2D eigenvalue weighted by Gasteiger charge is 2.30. The first-order valence-corrected chi connectivity index (χ1v) is 10.00. The van der Waals surface area contributed by atoms with Crippen molar-refractivity contribution in [3.05, 3.63) is 83.2 Å². The van der Waals surface area contributed by atoms with Crippen LogP contribution in [0.3, 0.4) is 0 Å². The van der Waals surface area contributed by atoms with E-state index >= 15 is 0 Å². The minimum absolute atomic E-state index is 0.00915. The average Bonchev–Trinajstić information content (AvgIpc) is 3.28. The molecular weight excluding hydrogens is 397 g/mol. The third-order valence-corrected chi connectivity index (χ3v) is 5.53. The molecule has 1 aliphatic rings. The summed E-state index contributed by atoms with van der Waals surface area (Å²) >= 11 is 0. The molecule has 0 aliphatic carbocycles. The van der Waals surface area contributed by atoms with E-state index in [9.17, 15) is 14.3 Å². The molecule has 2 N–H and O–H groups in total. The van der Waals surface area contributed by atoms with E-state index in [0.717, 1.165) is 16.8 Å². The van der Waals surface area contributed by atoms with Gasteiger partial charge in [0.15, 0.2) is 0 Å². The minimum Gasteiger partial charge on any atom is -0.508 e. The monoisotopic (exact) mass is 419 g/mol. The van der Waals surface area contributed by atoms with E-state index in [1.54, 1.807) is 41.7 Å². The normalized spacial score (nSPS) is 15.6. The van der Waals surface area contributed by atoms with E-state index in [2.05, 4.69) is 14.9 Å². The van der Waals surface area contributed by atoms with Crippen molar-refractivity contribution in [3.63, 3.8) is 0 Å². The maximum atomic E-state index is 14.1. The van der Waals surface area contributed by atoms with Crippen LogP contribution in [0.4, 0.5) is 4.39 Å². The lowest BCUT2D eigenvalue weighted by Gasteiger charge is -2.38. The van der Waals surface area contributed by atoms with Gasteiger partial charge in [-0.25, -0.2) is 9.37 Å². The van der Waals surface area contributed by atoms with Crippen molar-refractivity contribution in [1.29, 1.82) is 5.26 Å². The molecule has 31 heavy (non-hydrogen) atoms. The van der Waals surface area contributed by atoms with Gasteiger partial charge in [-0.1, -0.05) is 18.2 Å². The molecule has 2 aromatic carbocycles. The number of hydrogen-bond acceptors (Lipinski definition) is 5. The summed E-state index contributed by atoms with van der Waals surface area (Å²) in [5, 5.41) is 18.6. The minimum atomic E-state index is -0.546. The molecule has 2 heterocycles. The Morgan fingerprint density at radius 1 is 1.23 bits per heavy atom. The molecule has 1 aliphatic heterocycles. The van der Waals surface area contributed by atoms with Gasteiger partial charge in [0.2, 0.25) is 5.91 Å². The number of H-pyrrole nitrogens is 1. The molecule has 0 saturated carbocycles. The topological polar surface area (TPSA) is 96.2 Å². The van der Waals surface area contributed by atoms with Crippen LogP contribution in [-0.2, 0) is 17.8 Å². The highest BCUT2D eigenvalue weighted by molar-refractivity contribution is 5.79. The molecule has 4 rings (SSSR count). The first kappa shape index (κ1) is 20.6. The number of amides is 1. The van der Waals surface area contributed by atoms with Crippen LogP contribution in [0.2, 0.25) is 0 Å². The molecule has 1 saturated heterocycles. The molecule has 0 spiro atoms. The van der Waals surface area contributed by atoms with E-state index in [1.165, 1.54) is 12.1 Å². The number of aromatic nitrogens is 2. The van der Waals surface area contributed by atoms with Crippen LogP contribution in [0.15, 0.2) is 55.0 Å². The van der Waals surface area contributed by atoms with E-state index in [-0.39, 0.29) is 29.8 Å². The molecule has 1 unspecified atom stereocenters. The molecule has 8 heteroatoms. The molecular formula is C23H22FN5O2. The Morgan fingerprint density at radius 2 is 2.10 bits per heavy atom. The SMILES string of the molecule is N#Cc1ccc(CC(c2cnc[nH]2)N2CCN(Cc3cccc(O)c3)C(=O)C2)cc1F. The summed E-state index contributed by atoms with van der Waals surface area (Å²) in [7, 11) is 0. The Morgan fingerprint density at radius 3 is 2.77 bits per heavy atom. The van der Waals surface area contributed by atoms with Gasteiger partial charge in [-0.05, 0) is 41.8 Å². The van der Waals surface area contributed by atoms with Gasteiger partial charge < -0.3 is 15.0 Å². The van der Waals surface area contributed by atoms with Crippen molar-refractivity contribution < 1.29 is 14.3 Å². The Kier molecular flexibility index (Phi) is 5.96. The summed E-state index contributed by atoms with van der Waals surface area (Å²) in [6.07, 6.45) is 3.78. The number of phenolic OH excluding ortho intramolecular Hbond substituents is 1. The summed E-state index contributed by atoms with van der Waals surface area (Å²) in [6.45, 7) is 1.85. The van der Waals surface area contributed by atoms with Crippen LogP contribution >= 0.6 is 0 Å². The predicted octanol–water partition coefficient (Wildman–Crippen LogP) is 2.75. The second-order valence-corrected chi connectivity index (χ2v) is 7.61. The summed E-state index contributed by atoms with van der Waals surface area (Å²) in [6, 6.07) is 13.2. The molecule has 0 radical (unpaired) electrons. The standard InChI is InChI=1S/C23H22FN5O2/c24-20-9-16(4-5-18(20)11-25)10-22(21-12-26-15-27-21)28-6-7-29(23(31)14-28)13-17-2-1-3-19(30)8-17/h1-5,8-9,12,15,22,30H,6-7,10,13-14H2,(H,26,27).